The summed E-state index contributed by atoms with van der Waals surface area (Å²) in [7, 11) is 0. The fraction of sp³-hybridized carbons (Fsp3) is 0.0625. The summed E-state index contributed by atoms with van der Waals surface area (Å²) in [5.41, 5.74) is -0.772. The van der Waals surface area contributed by atoms with Gasteiger partial charge in [0, 0.05) is 23.0 Å². The number of pyridine rings is 1. The fourth-order valence-electron chi connectivity index (χ4n) is 2.74. The van der Waals surface area contributed by atoms with Crippen molar-refractivity contribution in [2.24, 2.45) is 0 Å². The molecule has 0 bridgehead atoms. The van der Waals surface area contributed by atoms with E-state index in [2.05, 4.69) is 4.98 Å². The molecule has 0 unspecified atom stereocenters. The molecule has 0 aliphatic carbocycles. The quantitative estimate of drug-likeness (QED) is 0.250. The standard InChI is InChI=1S/C16H9N3O5S2/c20-14-13-12(10-6-8(19(22)23)3-4-11(10)17-14)15(21)18(16(25)26-13)7-9-2-1-5-24-9/h1-6H,7H2,(H,17,20). The average molecular weight is 387 g/mol. The maximum Gasteiger partial charge on any atom is 0.270 e. The first-order chi connectivity index (χ1) is 12.5. The summed E-state index contributed by atoms with van der Waals surface area (Å²) in [4.78, 5) is 38.6. The maximum absolute atomic E-state index is 13.1. The molecule has 0 aliphatic rings. The number of non-ortho nitro benzene ring substituents is 1. The molecule has 0 saturated carbocycles. The van der Waals surface area contributed by atoms with E-state index in [1.54, 1.807) is 12.1 Å². The Bertz CT molecular complexity index is 1350. The lowest BCUT2D eigenvalue weighted by molar-refractivity contribution is -0.384. The van der Waals surface area contributed by atoms with Gasteiger partial charge in [-0.2, -0.15) is 0 Å². The van der Waals surface area contributed by atoms with Crippen molar-refractivity contribution >= 4 is 50.2 Å². The average Bonchev–Trinajstić information content (AvgIpc) is 3.11. The smallest absolute Gasteiger partial charge is 0.270 e. The lowest BCUT2D eigenvalue weighted by Gasteiger charge is -2.07. The van der Waals surface area contributed by atoms with Crippen LogP contribution in [0.25, 0.3) is 21.0 Å². The molecular formula is C16H9N3O5S2. The molecule has 0 fully saturated rings. The topological polar surface area (TPSA) is 111 Å². The van der Waals surface area contributed by atoms with Gasteiger partial charge in [-0.3, -0.25) is 24.3 Å². The van der Waals surface area contributed by atoms with Crippen molar-refractivity contribution in [3.05, 3.63) is 77.1 Å². The molecule has 130 valence electrons. The summed E-state index contributed by atoms with van der Waals surface area (Å²) >= 11 is 6.25. The lowest BCUT2D eigenvalue weighted by atomic mass is 10.1. The Labute approximate surface area is 153 Å². The zero-order chi connectivity index (χ0) is 18.4. The van der Waals surface area contributed by atoms with Crippen LogP contribution in [0.1, 0.15) is 5.76 Å². The van der Waals surface area contributed by atoms with Crippen LogP contribution in [-0.2, 0) is 6.54 Å². The van der Waals surface area contributed by atoms with E-state index < -0.39 is 16.0 Å². The van der Waals surface area contributed by atoms with Crippen molar-refractivity contribution in [2.45, 2.75) is 6.54 Å². The molecule has 0 amide bonds. The Kier molecular flexibility index (Phi) is 3.78. The van der Waals surface area contributed by atoms with Crippen LogP contribution in [0, 0.1) is 14.1 Å². The number of nitrogens with zero attached hydrogens (tertiary/aromatic N) is 2. The summed E-state index contributed by atoms with van der Waals surface area (Å²) in [6.45, 7) is 0.111. The first-order valence-corrected chi connectivity index (χ1v) is 8.58. The number of hydrogen-bond acceptors (Lipinski definition) is 7. The first-order valence-electron chi connectivity index (χ1n) is 7.36. The largest absolute Gasteiger partial charge is 0.467 e. The SMILES string of the molecule is O=c1[nH]c2ccc([N+](=O)[O-])cc2c2c(=O)n(Cc3ccco3)c(=S)sc12. The fourth-order valence-corrected chi connectivity index (χ4v) is 4.01. The molecule has 1 N–H and O–H groups in total. The summed E-state index contributed by atoms with van der Waals surface area (Å²) in [5, 5.41) is 11.5. The van der Waals surface area contributed by atoms with E-state index in [0.29, 0.717) is 16.7 Å². The van der Waals surface area contributed by atoms with Gasteiger partial charge in [-0.15, -0.1) is 11.3 Å². The summed E-state index contributed by atoms with van der Waals surface area (Å²) in [6, 6.07) is 7.36. The Balaban J connectivity index is 2.13. The Morgan fingerprint density at radius 1 is 1.31 bits per heavy atom. The molecule has 8 nitrogen and oxygen atoms in total. The first kappa shape index (κ1) is 16.4. The highest BCUT2D eigenvalue weighted by molar-refractivity contribution is 7.73. The van der Waals surface area contributed by atoms with Crippen molar-refractivity contribution in [1.29, 1.82) is 0 Å². The minimum absolute atomic E-state index is 0.109. The molecule has 4 aromatic rings. The second-order valence-electron chi connectivity index (χ2n) is 5.48. The van der Waals surface area contributed by atoms with E-state index in [1.807, 2.05) is 0 Å². The summed E-state index contributed by atoms with van der Waals surface area (Å²) < 4.78 is 6.94. The van der Waals surface area contributed by atoms with E-state index in [0.717, 1.165) is 11.3 Å². The minimum atomic E-state index is -0.553. The normalized spacial score (nSPS) is 11.2. The highest BCUT2D eigenvalue weighted by atomic mass is 32.1. The molecule has 0 spiro atoms. The number of rotatable bonds is 3. The predicted molar refractivity (Wildman–Crippen MR) is 99.5 cm³/mol. The van der Waals surface area contributed by atoms with Gasteiger partial charge in [-0.25, -0.2) is 0 Å². The maximum atomic E-state index is 13.1. The van der Waals surface area contributed by atoms with Gasteiger partial charge < -0.3 is 9.40 Å². The van der Waals surface area contributed by atoms with Gasteiger partial charge in [0.2, 0.25) is 0 Å². The summed E-state index contributed by atoms with van der Waals surface area (Å²) in [5.74, 6) is 0.532. The van der Waals surface area contributed by atoms with Gasteiger partial charge in [0.1, 0.15) is 10.5 Å². The van der Waals surface area contributed by atoms with Crippen LogP contribution in [0.3, 0.4) is 0 Å². The Morgan fingerprint density at radius 2 is 2.12 bits per heavy atom. The van der Waals surface area contributed by atoms with E-state index >= 15 is 0 Å². The third kappa shape index (κ3) is 2.55. The predicted octanol–water partition coefficient (Wildman–Crippen LogP) is 3.18. The molecule has 4 rings (SSSR count). The van der Waals surface area contributed by atoms with E-state index in [4.69, 9.17) is 16.6 Å². The lowest BCUT2D eigenvalue weighted by Crippen LogP contribution is -2.23. The molecule has 10 heteroatoms. The molecule has 3 heterocycles. The van der Waals surface area contributed by atoms with Gasteiger partial charge in [-0.1, -0.05) is 0 Å². The summed E-state index contributed by atoms with van der Waals surface area (Å²) in [6.07, 6.45) is 1.48. The van der Waals surface area contributed by atoms with Gasteiger partial charge in [0.05, 0.1) is 23.1 Å². The highest BCUT2D eigenvalue weighted by Crippen LogP contribution is 2.25. The van der Waals surface area contributed by atoms with Crippen molar-refractivity contribution in [3.8, 4) is 0 Å². The van der Waals surface area contributed by atoms with Crippen molar-refractivity contribution < 1.29 is 9.34 Å². The van der Waals surface area contributed by atoms with Crippen LogP contribution in [0.5, 0.6) is 0 Å². The van der Waals surface area contributed by atoms with Gasteiger partial charge in [0.15, 0.2) is 3.95 Å². The number of benzene rings is 1. The monoisotopic (exact) mass is 387 g/mol. The van der Waals surface area contributed by atoms with Crippen LogP contribution in [-0.4, -0.2) is 14.5 Å². The molecule has 0 atom stereocenters. The zero-order valence-electron chi connectivity index (χ0n) is 12.9. The number of H-pyrrole nitrogens is 1. The number of fused-ring (bicyclic) bond motifs is 3. The Hall–Kier alpha value is -3.11. The minimum Gasteiger partial charge on any atom is -0.467 e. The van der Waals surface area contributed by atoms with Gasteiger partial charge in [-0.05, 0) is 30.4 Å². The van der Waals surface area contributed by atoms with E-state index in [1.165, 1.54) is 29.0 Å². The highest BCUT2D eigenvalue weighted by Gasteiger charge is 2.16. The molecule has 3 aromatic heterocycles. The van der Waals surface area contributed by atoms with Crippen LogP contribution in [0.2, 0.25) is 0 Å². The van der Waals surface area contributed by atoms with Crippen molar-refractivity contribution in [3.63, 3.8) is 0 Å². The number of hydrogen-bond donors (Lipinski definition) is 1. The zero-order valence-corrected chi connectivity index (χ0v) is 14.6. The number of furan rings is 1. The number of nitrogens with one attached hydrogen (secondary N) is 1. The number of nitro groups is 1. The van der Waals surface area contributed by atoms with Crippen LogP contribution < -0.4 is 11.1 Å². The van der Waals surface area contributed by atoms with E-state index in [-0.39, 0.29) is 26.3 Å². The number of aromatic amines is 1. The number of aromatic nitrogens is 2. The molecule has 0 radical (unpaired) electrons. The molecular weight excluding hydrogens is 378 g/mol. The second-order valence-corrected chi connectivity index (χ2v) is 7.13. The third-order valence-electron chi connectivity index (χ3n) is 3.93. The van der Waals surface area contributed by atoms with Crippen molar-refractivity contribution in [1.82, 2.24) is 9.55 Å². The van der Waals surface area contributed by atoms with Gasteiger partial charge in [0.25, 0.3) is 16.8 Å². The van der Waals surface area contributed by atoms with Crippen LogP contribution in [0.4, 0.5) is 5.69 Å². The number of nitro benzene ring substituents is 1. The molecule has 0 saturated heterocycles. The van der Waals surface area contributed by atoms with E-state index in [9.17, 15) is 19.7 Å². The third-order valence-corrected chi connectivity index (χ3v) is 5.39. The van der Waals surface area contributed by atoms with Crippen LogP contribution >= 0.6 is 23.6 Å². The van der Waals surface area contributed by atoms with Crippen molar-refractivity contribution in [2.75, 3.05) is 0 Å². The molecule has 26 heavy (non-hydrogen) atoms. The molecule has 0 aliphatic heterocycles. The van der Waals surface area contributed by atoms with Crippen LogP contribution in [0.15, 0.2) is 50.6 Å². The van der Waals surface area contributed by atoms with Gasteiger partial charge >= 0.3 is 0 Å². The Morgan fingerprint density at radius 3 is 2.81 bits per heavy atom. The molecule has 1 aromatic carbocycles. The second kappa shape index (κ2) is 6.00.